The Labute approximate surface area is 115 Å². The van der Waals surface area contributed by atoms with Crippen molar-refractivity contribution in [2.75, 3.05) is 6.54 Å². The van der Waals surface area contributed by atoms with Gasteiger partial charge in [0.25, 0.3) is 0 Å². The van der Waals surface area contributed by atoms with E-state index < -0.39 is 11.9 Å². The van der Waals surface area contributed by atoms with Gasteiger partial charge in [0.05, 0.1) is 11.8 Å². The summed E-state index contributed by atoms with van der Waals surface area (Å²) in [7, 11) is 0. The second-order valence-corrected chi connectivity index (χ2v) is 6.58. The molecule has 1 amide bonds. The lowest BCUT2D eigenvalue weighted by Gasteiger charge is -2.36. The maximum Gasteiger partial charge on any atom is 0.307 e. The number of hydrogen-bond donors (Lipinski definition) is 1. The molecule has 19 heavy (non-hydrogen) atoms. The van der Waals surface area contributed by atoms with Gasteiger partial charge >= 0.3 is 5.97 Å². The highest BCUT2D eigenvalue weighted by molar-refractivity contribution is 5.91. The number of piperidine rings is 1. The van der Waals surface area contributed by atoms with E-state index in [9.17, 15) is 14.7 Å². The maximum absolute atomic E-state index is 12.6. The lowest BCUT2D eigenvalue weighted by molar-refractivity contribution is -0.143. The fourth-order valence-corrected chi connectivity index (χ4v) is 3.66. The highest BCUT2D eigenvalue weighted by Crippen LogP contribution is 2.59. The predicted octanol–water partition coefficient (Wildman–Crippen LogP) is 2.52. The molecule has 1 saturated carbocycles. The summed E-state index contributed by atoms with van der Waals surface area (Å²) in [6.45, 7) is 6.74. The fourth-order valence-electron chi connectivity index (χ4n) is 3.66. The summed E-state index contributed by atoms with van der Waals surface area (Å²) in [4.78, 5) is 25.8. The van der Waals surface area contributed by atoms with E-state index in [1.165, 1.54) is 6.42 Å². The van der Waals surface area contributed by atoms with Crippen LogP contribution in [0.15, 0.2) is 0 Å². The Kier molecular flexibility index (Phi) is 3.88. The molecule has 4 heteroatoms. The first-order valence-corrected chi connectivity index (χ1v) is 7.44. The first-order chi connectivity index (χ1) is 8.91. The average Bonchev–Trinajstić information content (AvgIpc) is 2.93. The third-order valence-corrected chi connectivity index (χ3v) is 4.89. The minimum atomic E-state index is -0.826. The standard InChI is InChI=1S/C15H25NO3/c1-4-7-10-8-5-6-9-16(10)13(17)11-12(14(18)19)15(11,2)3/h10-12H,4-9H2,1-3H3,(H,18,19). The van der Waals surface area contributed by atoms with Crippen molar-refractivity contribution in [1.82, 2.24) is 4.90 Å². The molecule has 0 aromatic rings. The molecule has 2 rings (SSSR count). The number of aliphatic carboxylic acids is 1. The number of carboxylic acid groups (broad SMARTS) is 1. The Balaban J connectivity index is 2.08. The molecule has 108 valence electrons. The molecule has 1 saturated heterocycles. The Morgan fingerprint density at radius 3 is 2.47 bits per heavy atom. The molecule has 4 nitrogen and oxygen atoms in total. The quantitative estimate of drug-likeness (QED) is 0.851. The molecule has 1 heterocycles. The molecule has 1 N–H and O–H groups in total. The van der Waals surface area contributed by atoms with E-state index in [1.54, 1.807) is 0 Å². The first-order valence-electron chi connectivity index (χ1n) is 7.44. The van der Waals surface area contributed by atoms with Crippen molar-refractivity contribution in [2.45, 2.75) is 58.9 Å². The van der Waals surface area contributed by atoms with Crippen LogP contribution in [0, 0.1) is 17.3 Å². The van der Waals surface area contributed by atoms with Gasteiger partial charge in [-0.25, -0.2) is 0 Å². The minimum absolute atomic E-state index is 0.0792. The third-order valence-electron chi connectivity index (χ3n) is 4.89. The van der Waals surface area contributed by atoms with Gasteiger partial charge in [-0.05, 0) is 31.1 Å². The summed E-state index contributed by atoms with van der Waals surface area (Å²) >= 11 is 0. The van der Waals surface area contributed by atoms with Crippen LogP contribution in [-0.4, -0.2) is 34.5 Å². The molecule has 1 aliphatic carbocycles. The Morgan fingerprint density at radius 2 is 1.95 bits per heavy atom. The van der Waals surface area contributed by atoms with Crippen molar-refractivity contribution < 1.29 is 14.7 Å². The summed E-state index contributed by atoms with van der Waals surface area (Å²) in [5.41, 5.74) is -0.378. The zero-order valence-electron chi connectivity index (χ0n) is 12.2. The largest absolute Gasteiger partial charge is 0.481 e. The van der Waals surface area contributed by atoms with Crippen molar-refractivity contribution in [1.29, 1.82) is 0 Å². The van der Waals surface area contributed by atoms with Gasteiger partial charge in [-0.2, -0.15) is 0 Å². The van der Waals surface area contributed by atoms with Crippen LogP contribution in [0.5, 0.6) is 0 Å². The van der Waals surface area contributed by atoms with Gasteiger partial charge < -0.3 is 10.0 Å². The molecule has 2 fully saturated rings. The van der Waals surface area contributed by atoms with Crippen molar-refractivity contribution in [2.24, 2.45) is 17.3 Å². The first kappa shape index (κ1) is 14.4. The number of amides is 1. The lowest BCUT2D eigenvalue weighted by atomic mass is 9.97. The lowest BCUT2D eigenvalue weighted by Crippen LogP contribution is -2.45. The van der Waals surface area contributed by atoms with E-state index >= 15 is 0 Å². The Hall–Kier alpha value is -1.06. The SMILES string of the molecule is CCCC1CCCCN1C(=O)C1C(C(=O)O)C1(C)C. The molecule has 1 aliphatic heterocycles. The highest BCUT2D eigenvalue weighted by atomic mass is 16.4. The summed E-state index contributed by atoms with van der Waals surface area (Å²) in [6.07, 6.45) is 5.42. The molecule has 2 aliphatic rings. The van der Waals surface area contributed by atoms with Crippen LogP contribution in [0.2, 0.25) is 0 Å². The molecule has 0 aromatic heterocycles. The van der Waals surface area contributed by atoms with Gasteiger partial charge in [0.1, 0.15) is 0 Å². The van der Waals surface area contributed by atoms with Crippen molar-refractivity contribution in [3.05, 3.63) is 0 Å². The predicted molar refractivity (Wildman–Crippen MR) is 72.7 cm³/mol. The molecule has 0 radical (unpaired) electrons. The van der Waals surface area contributed by atoms with Crippen LogP contribution in [-0.2, 0) is 9.59 Å². The molecule has 0 bridgehead atoms. The van der Waals surface area contributed by atoms with Gasteiger partial charge in [0.15, 0.2) is 0 Å². The zero-order chi connectivity index (χ0) is 14.2. The van der Waals surface area contributed by atoms with E-state index in [0.29, 0.717) is 6.04 Å². The minimum Gasteiger partial charge on any atom is -0.481 e. The zero-order valence-corrected chi connectivity index (χ0v) is 12.2. The topological polar surface area (TPSA) is 57.6 Å². The number of carbonyl (C=O) groups is 2. The van der Waals surface area contributed by atoms with Gasteiger partial charge in [-0.1, -0.05) is 27.2 Å². The van der Waals surface area contributed by atoms with Crippen LogP contribution >= 0.6 is 0 Å². The maximum atomic E-state index is 12.6. The summed E-state index contributed by atoms with van der Waals surface area (Å²) in [5.74, 6) is -1.56. The number of likely N-dealkylation sites (tertiary alicyclic amines) is 1. The van der Waals surface area contributed by atoms with E-state index in [-0.39, 0.29) is 17.2 Å². The average molecular weight is 267 g/mol. The molecule has 0 aromatic carbocycles. The van der Waals surface area contributed by atoms with E-state index in [4.69, 9.17) is 0 Å². The fraction of sp³-hybridized carbons (Fsp3) is 0.867. The van der Waals surface area contributed by atoms with Gasteiger partial charge in [0, 0.05) is 12.6 Å². The van der Waals surface area contributed by atoms with Crippen molar-refractivity contribution >= 4 is 11.9 Å². The summed E-state index contributed by atoms with van der Waals surface area (Å²) in [6, 6.07) is 0.331. The second-order valence-electron chi connectivity index (χ2n) is 6.58. The van der Waals surface area contributed by atoms with Crippen molar-refractivity contribution in [3.63, 3.8) is 0 Å². The number of nitrogens with zero attached hydrogens (tertiary/aromatic N) is 1. The van der Waals surface area contributed by atoms with Crippen LogP contribution in [0.25, 0.3) is 0 Å². The van der Waals surface area contributed by atoms with Crippen LogP contribution in [0.4, 0.5) is 0 Å². The van der Waals surface area contributed by atoms with Gasteiger partial charge in [-0.15, -0.1) is 0 Å². The number of carbonyl (C=O) groups excluding carboxylic acids is 1. The van der Waals surface area contributed by atoms with Crippen molar-refractivity contribution in [3.8, 4) is 0 Å². The van der Waals surface area contributed by atoms with E-state index in [0.717, 1.165) is 32.2 Å². The van der Waals surface area contributed by atoms with Crippen LogP contribution < -0.4 is 0 Å². The van der Waals surface area contributed by atoms with E-state index in [1.807, 2.05) is 18.7 Å². The summed E-state index contributed by atoms with van der Waals surface area (Å²) < 4.78 is 0. The number of carboxylic acids is 1. The monoisotopic (exact) mass is 267 g/mol. The summed E-state index contributed by atoms with van der Waals surface area (Å²) in [5, 5.41) is 9.21. The molecule has 0 spiro atoms. The van der Waals surface area contributed by atoms with E-state index in [2.05, 4.69) is 6.92 Å². The Bertz CT molecular complexity index is 376. The number of rotatable bonds is 4. The highest BCUT2D eigenvalue weighted by Gasteiger charge is 2.66. The smallest absolute Gasteiger partial charge is 0.307 e. The normalized spacial score (nSPS) is 33.0. The Morgan fingerprint density at radius 1 is 1.26 bits per heavy atom. The van der Waals surface area contributed by atoms with Gasteiger partial charge in [0.2, 0.25) is 5.91 Å². The molecular weight excluding hydrogens is 242 g/mol. The second kappa shape index (κ2) is 5.14. The molecular formula is C15H25NO3. The molecule has 3 atom stereocenters. The third kappa shape index (κ3) is 2.49. The van der Waals surface area contributed by atoms with Gasteiger partial charge in [-0.3, -0.25) is 9.59 Å². The molecule has 3 unspecified atom stereocenters. The van der Waals surface area contributed by atoms with Crippen LogP contribution in [0.1, 0.15) is 52.9 Å². The van der Waals surface area contributed by atoms with Crippen LogP contribution in [0.3, 0.4) is 0 Å². The number of hydrogen-bond acceptors (Lipinski definition) is 2.